The summed E-state index contributed by atoms with van der Waals surface area (Å²) in [5.74, 6) is 2.05. The Morgan fingerprint density at radius 1 is 1.36 bits per heavy atom. The van der Waals surface area contributed by atoms with Crippen molar-refractivity contribution in [2.45, 2.75) is 52.4 Å². The topological polar surface area (TPSA) is 67.8 Å². The highest BCUT2D eigenvalue weighted by Crippen LogP contribution is 2.19. The molecule has 0 radical (unpaired) electrons. The number of halogens is 1. The van der Waals surface area contributed by atoms with E-state index in [1.54, 1.807) is 11.3 Å². The maximum atomic E-state index is 5.80. The van der Waals surface area contributed by atoms with Crippen LogP contribution in [0.2, 0.25) is 0 Å². The van der Waals surface area contributed by atoms with E-state index in [2.05, 4.69) is 46.8 Å². The van der Waals surface area contributed by atoms with Crippen LogP contribution in [0.5, 0.6) is 0 Å². The van der Waals surface area contributed by atoms with Gasteiger partial charge in [-0.15, -0.1) is 35.3 Å². The van der Waals surface area contributed by atoms with Gasteiger partial charge in [0.25, 0.3) is 0 Å². The third kappa shape index (κ3) is 10.4. The first-order chi connectivity index (χ1) is 13.2. The normalized spacial score (nSPS) is 15.5. The Hall–Kier alpha value is -0.450. The van der Waals surface area contributed by atoms with E-state index >= 15 is 0 Å². The summed E-state index contributed by atoms with van der Waals surface area (Å²) in [5.41, 5.74) is 1.16. The molecule has 0 bridgehead atoms. The minimum atomic E-state index is 0. The van der Waals surface area contributed by atoms with Gasteiger partial charge in [0.2, 0.25) is 0 Å². The maximum absolute atomic E-state index is 5.80. The minimum absolute atomic E-state index is 0. The molecule has 0 amide bonds. The van der Waals surface area contributed by atoms with E-state index in [-0.39, 0.29) is 24.0 Å². The molecule has 1 fully saturated rings. The first-order valence-electron chi connectivity index (χ1n) is 10.3. The molecule has 0 spiro atoms. The maximum Gasteiger partial charge on any atom is 0.191 e. The fourth-order valence-electron chi connectivity index (χ4n) is 2.87. The molecule has 0 atom stereocenters. The molecular weight excluding hydrogens is 487 g/mol. The van der Waals surface area contributed by atoms with E-state index in [0.29, 0.717) is 11.8 Å². The molecule has 162 valence electrons. The summed E-state index contributed by atoms with van der Waals surface area (Å²) in [5, 5.41) is 10.1. The zero-order chi connectivity index (χ0) is 19.3. The van der Waals surface area contributed by atoms with Crippen LogP contribution in [-0.4, -0.2) is 57.0 Å². The van der Waals surface area contributed by atoms with E-state index in [1.165, 1.54) is 5.01 Å². The van der Waals surface area contributed by atoms with Crippen LogP contribution in [-0.2, 0) is 15.9 Å². The first kappa shape index (κ1) is 25.6. The van der Waals surface area contributed by atoms with Gasteiger partial charge in [0.15, 0.2) is 5.96 Å². The SMILES string of the molecule is CCNC(=NCCCOCC1CCOCC1)NCCc1csc(C(C)C)n1.I. The van der Waals surface area contributed by atoms with Gasteiger partial charge < -0.3 is 20.1 Å². The number of hydrogen-bond acceptors (Lipinski definition) is 5. The predicted molar refractivity (Wildman–Crippen MR) is 128 cm³/mol. The fourth-order valence-corrected chi connectivity index (χ4v) is 3.74. The highest BCUT2D eigenvalue weighted by Gasteiger charge is 2.13. The Morgan fingerprint density at radius 2 is 2.14 bits per heavy atom. The number of aromatic nitrogens is 1. The third-order valence-electron chi connectivity index (χ3n) is 4.49. The van der Waals surface area contributed by atoms with E-state index in [9.17, 15) is 0 Å². The van der Waals surface area contributed by atoms with Gasteiger partial charge in [0.05, 0.1) is 10.7 Å². The second kappa shape index (κ2) is 15.4. The molecule has 0 aromatic carbocycles. The number of nitrogens with one attached hydrogen (secondary N) is 2. The average Bonchev–Trinajstić information content (AvgIpc) is 3.14. The number of aliphatic imine (C=N–C) groups is 1. The molecular formula is C20H37IN4O2S. The van der Waals surface area contributed by atoms with Crippen molar-refractivity contribution >= 4 is 41.3 Å². The zero-order valence-corrected chi connectivity index (χ0v) is 20.7. The molecule has 1 aromatic heterocycles. The van der Waals surface area contributed by atoms with Gasteiger partial charge in [-0.3, -0.25) is 4.99 Å². The van der Waals surface area contributed by atoms with Crippen LogP contribution in [0.15, 0.2) is 10.4 Å². The van der Waals surface area contributed by atoms with Crippen molar-refractivity contribution in [1.82, 2.24) is 15.6 Å². The van der Waals surface area contributed by atoms with Crippen molar-refractivity contribution in [3.8, 4) is 0 Å². The Morgan fingerprint density at radius 3 is 2.82 bits per heavy atom. The Bertz CT molecular complexity index is 548. The molecule has 6 nitrogen and oxygen atoms in total. The lowest BCUT2D eigenvalue weighted by Gasteiger charge is -2.21. The van der Waals surface area contributed by atoms with Gasteiger partial charge in [-0.1, -0.05) is 13.8 Å². The number of thiazole rings is 1. The second-order valence-corrected chi connectivity index (χ2v) is 8.14. The lowest BCUT2D eigenvalue weighted by Crippen LogP contribution is -2.38. The van der Waals surface area contributed by atoms with Crippen molar-refractivity contribution < 1.29 is 9.47 Å². The lowest BCUT2D eigenvalue weighted by molar-refractivity contribution is 0.0205. The number of ether oxygens (including phenoxy) is 2. The van der Waals surface area contributed by atoms with E-state index in [4.69, 9.17) is 9.47 Å². The summed E-state index contributed by atoms with van der Waals surface area (Å²) >= 11 is 1.75. The molecule has 1 aromatic rings. The van der Waals surface area contributed by atoms with E-state index in [0.717, 1.165) is 83.4 Å². The van der Waals surface area contributed by atoms with Crippen LogP contribution in [0.4, 0.5) is 0 Å². The van der Waals surface area contributed by atoms with Crippen LogP contribution < -0.4 is 10.6 Å². The van der Waals surface area contributed by atoms with Gasteiger partial charge in [-0.05, 0) is 32.1 Å². The van der Waals surface area contributed by atoms with Crippen LogP contribution >= 0.6 is 35.3 Å². The number of rotatable bonds is 11. The van der Waals surface area contributed by atoms with Gasteiger partial charge in [0, 0.05) is 63.8 Å². The quantitative estimate of drug-likeness (QED) is 0.200. The first-order valence-corrected chi connectivity index (χ1v) is 11.2. The molecule has 1 aliphatic rings. The number of guanidine groups is 1. The van der Waals surface area contributed by atoms with E-state index in [1.807, 2.05) is 0 Å². The van der Waals surface area contributed by atoms with Crippen LogP contribution in [0.25, 0.3) is 0 Å². The Kier molecular flexibility index (Phi) is 14.1. The summed E-state index contributed by atoms with van der Waals surface area (Å²) in [6.07, 6.45) is 4.13. The summed E-state index contributed by atoms with van der Waals surface area (Å²) in [6.45, 7) is 12.3. The molecule has 28 heavy (non-hydrogen) atoms. The number of hydrogen-bond donors (Lipinski definition) is 2. The smallest absolute Gasteiger partial charge is 0.191 e. The summed E-state index contributed by atoms with van der Waals surface area (Å²) < 4.78 is 11.2. The molecule has 2 rings (SSSR count). The molecule has 2 N–H and O–H groups in total. The third-order valence-corrected chi connectivity index (χ3v) is 5.69. The highest BCUT2D eigenvalue weighted by molar-refractivity contribution is 14.0. The molecule has 1 aliphatic heterocycles. The highest BCUT2D eigenvalue weighted by atomic mass is 127. The van der Waals surface area contributed by atoms with Crippen LogP contribution in [0, 0.1) is 5.92 Å². The zero-order valence-electron chi connectivity index (χ0n) is 17.5. The summed E-state index contributed by atoms with van der Waals surface area (Å²) in [4.78, 5) is 9.32. The Labute approximate surface area is 191 Å². The molecule has 0 aliphatic carbocycles. The monoisotopic (exact) mass is 524 g/mol. The summed E-state index contributed by atoms with van der Waals surface area (Å²) in [6, 6.07) is 0. The molecule has 8 heteroatoms. The minimum Gasteiger partial charge on any atom is -0.381 e. The van der Waals surface area contributed by atoms with Crippen molar-refractivity contribution in [1.29, 1.82) is 0 Å². The molecule has 2 heterocycles. The van der Waals surface area contributed by atoms with Gasteiger partial charge in [-0.25, -0.2) is 4.98 Å². The van der Waals surface area contributed by atoms with Crippen LogP contribution in [0.1, 0.15) is 56.7 Å². The lowest BCUT2D eigenvalue weighted by atomic mass is 10.0. The standard InChI is InChI=1S/C20H36N4O2S.HI/c1-4-21-20(23-10-6-18-15-27-19(24-18)16(2)3)22-9-5-11-26-14-17-7-12-25-13-8-17;/h15-17H,4-14H2,1-3H3,(H2,21,22,23);1H. The van der Waals surface area contributed by atoms with Gasteiger partial charge in [-0.2, -0.15) is 0 Å². The second-order valence-electron chi connectivity index (χ2n) is 7.25. The number of nitrogens with zero attached hydrogens (tertiary/aromatic N) is 2. The molecule has 0 unspecified atom stereocenters. The Balaban J connectivity index is 0.00000392. The fraction of sp³-hybridized carbons (Fsp3) is 0.800. The molecule has 1 saturated heterocycles. The predicted octanol–water partition coefficient (Wildman–Crippen LogP) is 3.82. The van der Waals surface area contributed by atoms with Crippen molar-refractivity contribution in [3.05, 3.63) is 16.1 Å². The van der Waals surface area contributed by atoms with Gasteiger partial charge >= 0.3 is 0 Å². The van der Waals surface area contributed by atoms with Crippen LogP contribution in [0.3, 0.4) is 0 Å². The molecule has 0 saturated carbocycles. The van der Waals surface area contributed by atoms with Crippen molar-refractivity contribution in [2.24, 2.45) is 10.9 Å². The largest absolute Gasteiger partial charge is 0.381 e. The summed E-state index contributed by atoms with van der Waals surface area (Å²) in [7, 11) is 0. The van der Waals surface area contributed by atoms with Gasteiger partial charge in [0.1, 0.15) is 0 Å². The van der Waals surface area contributed by atoms with Crippen molar-refractivity contribution in [3.63, 3.8) is 0 Å². The van der Waals surface area contributed by atoms with E-state index < -0.39 is 0 Å². The average molecular weight is 525 g/mol. The van der Waals surface area contributed by atoms with Crippen molar-refractivity contribution in [2.75, 3.05) is 46.1 Å².